The van der Waals surface area contributed by atoms with Crippen molar-refractivity contribution in [2.75, 3.05) is 13.2 Å². The first kappa shape index (κ1) is 23.3. The molecule has 0 aromatic rings. The molecule has 2 rings (SSSR count). The predicted octanol–water partition coefficient (Wildman–Crippen LogP) is 5.80. The van der Waals surface area contributed by atoms with Gasteiger partial charge in [0.1, 0.15) is 0 Å². The Morgan fingerprint density at radius 1 is 0.750 bits per heavy atom. The van der Waals surface area contributed by atoms with Crippen molar-refractivity contribution < 1.29 is 15.0 Å². The molecule has 0 radical (unpaired) electrons. The van der Waals surface area contributed by atoms with E-state index in [1.54, 1.807) is 0 Å². The van der Waals surface area contributed by atoms with E-state index in [0.717, 1.165) is 44.9 Å². The highest BCUT2D eigenvalue weighted by Crippen LogP contribution is 2.54. The molecular weight excluding hydrogens is 350 g/mol. The van der Waals surface area contributed by atoms with E-state index in [2.05, 4.69) is 11.9 Å². The summed E-state index contributed by atoms with van der Waals surface area (Å²) in [5.74, 6) is 0.583. The van der Waals surface area contributed by atoms with Crippen LogP contribution in [0.1, 0.15) is 109 Å². The maximum Gasteiger partial charge on any atom is 0.226 e. The second kappa shape index (κ2) is 11.8. The van der Waals surface area contributed by atoms with Crippen LogP contribution in [0.3, 0.4) is 0 Å². The zero-order valence-electron chi connectivity index (χ0n) is 17.9. The Morgan fingerprint density at radius 2 is 1.14 bits per heavy atom. The molecule has 0 saturated heterocycles. The lowest BCUT2D eigenvalue weighted by Crippen LogP contribution is -2.33. The molecule has 0 heterocycles. The largest absolute Gasteiger partial charge is 0.512 e. The molecule has 3 N–H and O–H groups in total. The van der Waals surface area contributed by atoms with E-state index in [4.69, 9.17) is 5.11 Å². The number of rotatable bonds is 18. The van der Waals surface area contributed by atoms with Gasteiger partial charge >= 0.3 is 0 Å². The minimum Gasteiger partial charge on any atom is -0.512 e. The van der Waals surface area contributed by atoms with Crippen LogP contribution in [-0.2, 0) is 4.79 Å². The summed E-state index contributed by atoms with van der Waals surface area (Å²) in [6.07, 6.45) is 20.8. The van der Waals surface area contributed by atoms with Gasteiger partial charge in [0.05, 0.1) is 12.4 Å². The minimum absolute atomic E-state index is 0.0301. The van der Waals surface area contributed by atoms with Gasteiger partial charge in [0, 0.05) is 17.4 Å². The zero-order chi connectivity index (χ0) is 20.3. The third-order valence-corrected chi connectivity index (χ3v) is 7.01. The maximum atomic E-state index is 12.1. The van der Waals surface area contributed by atoms with Crippen molar-refractivity contribution in [3.05, 3.63) is 12.3 Å². The number of unbranched alkanes of at least 4 members (excludes halogenated alkanes) is 10. The number of aliphatic hydroxyl groups is 2. The first-order valence-electron chi connectivity index (χ1n) is 11.8. The van der Waals surface area contributed by atoms with Crippen molar-refractivity contribution in [1.29, 1.82) is 0 Å². The summed E-state index contributed by atoms with van der Waals surface area (Å²) in [5.41, 5.74) is 0.0289. The molecule has 0 unspecified atom stereocenters. The second-order valence-corrected chi connectivity index (χ2v) is 9.38. The summed E-state index contributed by atoms with van der Waals surface area (Å²) in [4.78, 5) is 12.1. The van der Waals surface area contributed by atoms with Crippen LogP contribution in [0.5, 0.6) is 0 Å². The Balaban J connectivity index is 1.32. The van der Waals surface area contributed by atoms with E-state index in [9.17, 15) is 9.90 Å². The van der Waals surface area contributed by atoms with Crippen molar-refractivity contribution in [2.45, 2.75) is 109 Å². The van der Waals surface area contributed by atoms with Gasteiger partial charge in [-0.15, -0.1) is 0 Å². The quantitative estimate of drug-likeness (QED) is 0.204. The van der Waals surface area contributed by atoms with E-state index in [-0.39, 0.29) is 23.3 Å². The molecule has 2 fully saturated rings. The molecule has 2 aliphatic carbocycles. The zero-order valence-corrected chi connectivity index (χ0v) is 17.9. The summed E-state index contributed by atoms with van der Waals surface area (Å²) in [6.45, 7) is 4.15. The first-order chi connectivity index (χ1) is 13.5. The molecule has 2 saturated carbocycles. The number of allylic oxidation sites excluding steroid dienone is 1. The molecule has 4 nitrogen and oxygen atoms in total. The van der Waals surface area contributed by atoms with Crippen LogP contribution in [0.15, 0.2) is 12.3 Å². The van der Waals surface area contributed by atoms with Gasteiger partial charge in [-0.2, -0.15) is 0 Å². The van der Waals surface area contributed by atoms with Gasteiger partial charge in [-0.1, -0.05) is 77.2 Å². The summed E-state index contributed by atoms with van der Waals surface area (Å²) in [5, 5.41) is 21.3. The van der Waals surface area contributed by atoms with Crippen molar-refractivity contribution in [1.82, 2.24) is 5.32 Å². The Morgan fingerprint density at radius 3 is 1.50 bits per heavy atom. The highest BCUT2D eigenvalue weighted by molar-refractivity contribution is 5.85. The van der Waals surface area contributed by atoms with Crippen molar-refractivity contribution in [3.63, 3.8) is 0 Å². The van der Waals surface area contributed by atoms with Gasteiger partial charge in [0.15, 0.2) is 0 Å². The van der Waals surface area contributed by atoms with Crippen LogP contribution in [0.25, 0.3) is 0 Å². The molecule has 0 aromatic heterocycles. The smallest absolute Gasteiger partial charge is 0.226 e. The lowest BCUT2D eigenvalue weighted by molar-refractivity contribution is -0.126. The molecule has 162 valence electrons. The molecule has 0 atom stereocenters. The highest BCUT2D eigenvalue weighted by atomic mass is 16.3. The number of carbonyl (C=O) groups is 1. The average molecular weight is 394 g/mol. The van der Waals surface area contributed by atoms with E-state index < -0.39 is 0 Å². The number of hydrogen-bond donors (Lipinski definition) is 3. The number of aliphatic hydroxyl groups excluding tert-OH is 2. The SMILES string of the molecule is C=C(O)C1(CCCCCCCCCCCCCC2(C(=O)NCCO)CC2)CC1. The van der Waals surface area contributed by atoms with Gasteiger partial charge in [-0.05, 0) is 38.5 Å². The number of nitrogens with one attached hydrogen (secondary N) is 1. The topological polar surface area (TPSA) is 69.6 Å². The number of hydrogen-bond acceptors (Lipinski definition) is 3. The van der Waals surface area contributed by atoms with E-state index >= 15 is 0 Å². The summed E-state index contributed by atoms with van der Waals surface area (Å²) in [6, 6.07) is 0. The Labute approximate surface area is 172 Å². The summed E-state index contributed by atoms with van der Waals surface area (Å²) in [7, 11) is 0. The van der Waals surface area contributed by atoms with Crippen LogP contribution in [0.2, 0.25) is 0 Å². The Bertz CT molecular complexity index is 480. The van der Waals surface area contributed by atoms with E-state index in [1.807, 2.05) is 0 Å². The molecule has 2 aliphatic rings. The standard InChI is InChI=1S/C24H43NO3/c1-21(27)23(15-16-23)13-11-9-7-5-3-2-4-6-8-10-12-14-24(17-18-24)22(28)25-19-20-26/h26-27H,1-20H2,(H,25,28). The van der Waals surface area contributed by atoms with Crippen molar-refractivity contribution in [2.24, 2.45) is 10.8 Å². The molecule has 0 bridgehead atoms. The lowest BCUT2D eigenvalue weighted by atomic mass is 9.95. The van der Waals surface area contributed by atoms with Crippen LogP contribution in [0, 0.1) is 10.8 Å². The molecule has 0 aromatic carbocycles. The minimum atomic E-state index is -0.0846. The highest BCUT2D eigenvalue weighted by Gasteiger charge is 2.48. The third-order valence-electron chi connectivity index (χ3n) is 7.01. The van der Waals surface area contributed by atoms with Crippen molar-refractivity contribution >= 4 is 5.91 Å². The molecule has 4 heteroatoms. The fraction of sp³-hybridized carbons (Fsp3) is 0.875. The fourth-order valence-corrected chi connectivity index (χ4v) is 4.45. The van der Waals surface area contributed by atoms with Crippen LogP contribution in [0.4, 0.5) is 0 Å². The first-order valence-corrected chi connectivity index (χ1v) is 11.8. The van der Waals surface area contributed by atoms with Gasteiger partial charge in [-0.25, -0.2) is 0 Å². The van der Waals surface area contributed by atoms with Gasteiger partial charge in [0.25, 0.3) is 0 Å². The molecule has 0 spiro atoms. The van der Waals surface area contributed by atoms with Crippen LogP contribution >= 0.6 is 0 Å². The number of amides is 1. The third kappa shape index (κ3) is 7.77. The summed E-state index contributed by atoms with van der Waals surface area (Å²) >= 11 is 0. The van der Waals surface area contributed by atoms with Crippen LogP contribution in [-0.4, -0.2) is 29.3 Å². The van der Waals surface area contributed by atoms with Crippen LogP contribution < -0.4 is 5.32 Å². The Hall–Kier alpha value is -1.03. The Kier molecular flexibility index (Phi) is 9.84. The lowest BCUT2D eigenvalue weighted by Gasteiger charge is -2.14. The van der Waals surface area contributed by atoms with Gasteiger partial charge < -0.3 is 15.5 Å². The molecule has 0 aliphatic heterocycles. The van der Waals surface area contributed by atoms with Crippen molar-refractivity contribution in [3.8, 4) is 0 Å². The average Bonchev–Trinajstić information content (AvgIpc) is 3.59. The van der Waals surface area contributed by atoms with E-state index in [0.29, 0.717) is 12.3 Å². The molecule has 28 heavy (non-hydrogen) atoms. The van der Waals surface area contributed by atoms with Gasteiger partial charge in [0.2, 0.25) is 5.91 Å². The monoisotopic (exact) mass is 393 g/mol. The molecular formula is C24H43NO3. The van der Waals surface area contributed by atoms with Gasteiger partial charge in [-0.3, -0.25) is 4.79 Å². The normalized spacial score (nSPS) is 18.6. The van der Waals surface area contributed by atoms with E-state index in [1.165, 1.54) is 64.2 Å². The second-order valence-electron chi connectivity index (χ2n) is 9.38. The fourth-order valence-electron chi connectivity index (χ4n) is 4.45. The number of carbonyl (C=O) groups excluding carboxylic acids is 1. The molecule has 1 amide bonds. The summed E-state index contributed by atoms with van der Waals surface area (Å²) < 4.78 is 0. The predicted molar refractivity (Wildman–Crippen MR) is 115 cm³/mol. The maximum absolute atomic E-state index is 12.1.